The molecule has 1 aromatic carbocycles. The van der Waals surface area contributed by atoms with E-state index in [4.69, 9.17) is 4.74 Å². The fourth-order valence-corrected chi connectivity index (χ4v) is 4.44. The van der Waals surface area contributed by atoms with Gasteiger partial charge < -0.3 is 10.1 Å². The molecule has 0 saturated carbocycles. The number of amides is 1. The lowest BCUT2D eigenvalue weighted by molar-refractivity contribution is 0.0956. The van der Waals surface area contributed by atoms with E-state index in [0.29, 0.717) is 18.0 Å². The van der Waals surface area contributed by atoms with E-state index >= 15 is 0 Å². The molecule has 0 fully saturated rings. The number of thiazole rings is 2. The highest BCUT2D eigenvalue weighted by molar-refractivity contribution is 7.17. The summed E-state index contributed by atoms with van der Waals surface area (Å²) < 4.78 is 5.47. The molecule has 3 aromatic rings. The summed E-state index contributed by atoms with van der Waals surface area (Å²) in [5.74, 6) is 0.778. The van der Waals surface area contributed by atoms with E-state index in [1.165, 1.54) is 11.3 Å². The van der Waals surface area contributed by atoms with Gasteiger partial charge in [-0.05, 0) is 51.5 Å². The monoisotopic (exact) mass is 401 g/mol. The topological polar surface area (TPSA) is 64.1 Å². The van der Waals surface area contributed by atoms with Gasteiger partial charge in [0, 0.05) is 29.6 Å². The van der Waals surface area contributed by atoms with E-state index in [9.17, 15) is 4.79 Å². The average molecular weight is 402 g/mol. The van der Waals surface area contributed by atoms with Crippen molar-refractivity contribution >= 4 is 28.6 Å². The number of aryl methyl sites for hydroxylation is 3. The van der Waals surface area contributed by atoms with E-state index < -0.39 is 0 Å². The molecule has 2 aromatic heterocycles. The molecule has 0 unspecified atom stereocenters. The van der Waals surface area contributed by atoms with Gasteiger partial charge in [-0.1, -0.05) is 0 Å². The van der Waals surface area contributed by atoms with Crippen LogP contribution in [-0.2, 0) is 6.42 Å². The highest BCUT2D eigenvalue weighted by Crippen LogP contribution is 2.29. The van der Waals surface area contributed by atoms with Crippen LogP contribution in [-0.4, -0.2) is 29.0 Å². The largest absolute Gasteiger partial charge is 0.494 e. The van der Waals surface area contributed by atoms with Crippen LogP contribution in [0.25, 0.3) is 10.6 Å². The van der Waals surface area contributed by atoms with Crippen LogP contribution in [0.4, 0.5) is 0 Å². The molecule has 1 N–H and O–H groups in total. The average Bonchev–Trinajstić information content (AvgIpc) is 3.25. The minimum Gasteiger partial charge on any atom is -0.494 e. The highest BCUT2D eigenvalue weighted by atomic mass is 32.1. The molecule has 0 bridgehead atoms. The number of benzene rings is 1. The predicted molar refractivity (Wildman–Crippen MR) is 111 cm³/mol. The SMILES string of the molecule is CCOc1ccc(-c2nc(C)c(C(=O)NCCCc3nc(C)cs3)s2)cc1. The molecule has 0 saturated heterocycles. The Morgan fingerprint density at radius 1 is 1.19 bits per heavy atom. The minimum absolute atomic E-state index is 0.0579. The summed E-state index contributed by atoms with van der Waals surface area (Å²) in [6.45, 7) is 7.11. The smallest absolute Gasteiger partial charge is 0.263 e. The lowest BCUT2D eigenvalue weighted by Crippen LogP contribution is -2.24. The first-order chi connectivity index (χ1) is 13.1. The summed E-state index contributed by atoms with van der Waals surface area (Å²) in [6.07, 6.45) is 1.76. The molecule has 0 aliphatic heterocycles. The van der Waals surface area contributed by atoms with Crippen molar-refractivity contribution in [2.45, 2.75) is 33.6 Å². The lowest BCUT2D eigenvalue weighted by Gasteiger charge is -2.03. The van der Waals surface area contributed by atoms with Crippen LogP contribution < -0.4 is 10.1 Å². The summed E-state index contributed by atoms with van der Waals surface area (Å²) in [5, 5.41) is 7.01. The summed E-state index contributed by atoms with van der Waals surface area (Å²) >= 11 is 3.09. The molecular formula is C20H23N3O2S2. The molecule has 0 atom stereocenters. The third-order valence-electron chi connectivity index (χ3n) is 3.93. The quantitative estimate of drug-likeness (QED) is 0.558. The molecule has 0 radical (unpaired) electrons. The normalized spacial score (nSPS) is 10.8. The molecule has 27 heavy (non-hydrogen) atoms. The summed E-state index contributed by atoms with van der Waals surface area (Å²) in [5.41, 5.74) is 2.81. The first-order valence-electron chi connectivity index (χ1n) is 8.96. The van der Waals surface area contributed by atoms with E-state index in [2.05, 4.69) is 20.7 Å². The predicted octanol–water partition coefficient (Wildman–Crippen LogP) is 4.64. The Morgan fingerprint density at radius 3 is 2.63 bits per heavy atom. The Labute approximate surface area is 167 Å². The summed E-state index contributed by atoms with van der Waals surface area (Å²) in [6, 6.07) is 7.80. The first-order valence-corrected chi connectivity index (χ1v) is 10.7. The van der Waals surface area contributed by atoms with Crippen molar-refractivity contribution in [1.29, 1.82) is 0 Å². The van der Waals surface area contributed by atoms with Crippen molar-refractivity contribution in [2.75, 3.05) is 13.2 Å². The zero-order chi connectivity index (χ0) is 19.2. The second kappa shape index (κ2) is 9.10. The van der Waals surface area contributed by atoms with Crippen molar-refractivity contribution in [3.05, 3.63) is 50.9 Å². The van der Waals surface area contributed by atoms with Crippen molar-refractivity contribution in [1.82, 2.24) is 15.3 Å². The Hall–Kier alpha value is -2.25. The van der Waals surface area contributed by atoms with E-state index in [-0.39, 0.29) is 5.91 Å². The highest BCUT2D eigenvalue weighted by Gasteiger charge is 2.16. The number of nitrogens with zero attached hydrogens (tertiary/aromatic N) is 2. The molecular weight excluding hydrogens is 378 g/mol. The van der Waals surface area contributed by atoms with Gasteiger partial charge in [-0.2, -0.15) is 0 Å². The number of carbonyl (C=O) groups excluding carboxylic acids is 1. The summed E-state index contributed by atoms with van der Waals surface area (Å²) in [7, 11) is 0. The van der Waals surface area contributed by atoms with Crippen molar-refractivity contribution in [2.24, 2.45) is 0 Å². The molecule has 5 nitrogen and oxygen atoms in total. The van der Waals surface area contributed by atoms with Crippen LogP contribution in [0.5, 0.6) is 5.75 Å². The van der Waals surface area contributed by atoms with Crippen molar-refractivity contribution < 1.29 is 9.53 Å². The van der Waals surface area contributed by atoms with Gasteiger partial charge in [-0.15, -0.1) is 22.7 Å². The second-order valence-corrected chi connectivity index (χ2v) is 8.07. The molecule has 0 aliphatic rings. The number of carbonyl (C=O) groups is 1. The maximum absolute atomic E-state index is 12.5. The van der Waals surface area contributed by atoms with E-state index in [1.807, 2.05) is 45.0 Å². The second-order valence-electron chi connectivity index (χ2n) is 6.13. The zero-order valence-corrected chi connectivity index (χ0v) is 17.4. The van der Waals surface area contributed by atoms with Crippen LogP contribution in [0.15, 0.2) is 29.6 Å². The maximum atomic E-state index is 12.5. The van der Waals surface area contributed by atoms with Gasteiger partial charge in [0.05, 0.1) is 17.3 Å². The maximum Gasteiger partial charge on any atom is 0.263 e. The number of rotatable bonds is 8. The van der Waals surface area contributed by atoms with Crippen molar-refractivity contribution in [3.8, 4) is 16.3 Å². The van der Waals surface area contributed by atoms with E-state index in [0.717, 1.165) is 45.6 Å². The number of hydrogen-bond donors (Lipinski definition) is 1. The van der Waals surface area contributed by atoms with Gasteiger partial charge in [0.25, 0.3) is 5.91 Å². The number of aromatic nitrogens is 2. The molecule has 142 valence electrons. The molecule has 7 heteroatoms. The van der Waals surface area contributed by atoms with Crippen LogP contribution >= 0.6 is 22.7 Å². The minimum atomic E-state index is -0.0579. The molecule has 0 spiro atoms. The molecule has 2 heterocycles. The lowest BCUT2D eigenvalue weighted by atomic mass is 10.2. The molecule has 1 amide bonds. The van der Waals surface area contributed by atoms with Gasteiger partial charge in [-0.3, -0.25) is 4.79 Å². The fourth-order valence-electron chi connectivity index (χ4n) is 2.63. The number of ether oxygens (including phenoxy) is 1. The Bertz CT molecular complexity index is 900. The first kappa shape index (κ1) is 19.5. The third kappa shape index (κ3) is 5.14. The van der Waals surface area contributed by atoms with E-state index in [1.54, 1.807) is 11.3 Å². The van der Waals surface area contributed by atoms with Crippen molar-refractivity contribution in [3.63, 3.8) is 0 Å². The Morgan fingerprint density at radius 2 is 1.96 bits per heavy atom. The van der Waals surface area contributed by atoms with Crippen LogP contribution in [0.3, 0.4) is 0 Å². The van der Waals surface area contributed by atoms with Gasteiger partial charge in [0.15, 0.2) is 0 Å². The third-order valence-corrected chi connectivity index (χ3v) is 6.17. The van der Waals surface area contributed by atoms with Gasteiger partial charge >= 0.3 is 0 Å². The Balaban J connectivity index is 1.57. The number of nitrogens with one attached hydrogen (secondary N) is 1. The van der Waals surface area contributed by atoms with Crippen LogP contribution in [0.2, 0.25) is 0 Å². The molecule has 0 aliphatic carbocycles. The zero-order valence-electron chi connectivity index (χ0n) is 15.7. The van der Waals surface area contributed by atoms with Crippen LogP contribution in [0, 0.1) is 13.8 Å². The number of hydrogen-bond acceptors (Lipinski definition) is 6. The van der Waals surface area contributed by atoms with Gasteiger partial charge in [-0.25, -0.2) is 9.97 Å². The fraction of sp³-hybridized carbons (Fsp3) is 0.350. The van der Waals surface area contributed by atoms with Gasteiger partial charge in [0.2, 0.25) is 0 Å². The Kier molecular flexibility index (Phi) is 6.58. The standard InChI is InChI=1S/C20H23N3O2S2/c1-4-25-16-9-7-15(8-10-16)20-23-14(3)18(27-20)19(24)21-11-5-6-17-22-13(2)12-26-17/h7-10,12H,4-6,11H2,1-3H3,(H,21,24). The molecule has 3 rings (SSSR count). The summed E-state index contributed by atoms with van der Waals surface area (Å²) in [4.78, 5) is 22.2. The van der Waals surface area contributed by atoms with Gasteiger partial charge in [0.1, 0.15) is 15.6 Å². The van der Waals surface area contributed by atoms with Crippen LogP contribution in [0.1, 0.15) is 39.4 Å².